The number of nitrogens with zero attached hydrogens (tertiary/aromatic N) is 2. The van der Waals surface area contributed by atoms with Gasteiger partial charge < -0.3 is 10.1 Å². The number of hydrogen-bond acceptors (Lipinski definition) is 5. The third-order valence-corrected chi connectivity index (χ3v) is 6.07. The molecular formula is C22H22FN3O3S. The number of ether oxygens (including phenoxy) is 1. The highest BCUT2D eigenvalue weighted by Gasteiger charge is 2.23. The molecule has 0 aliphatic carbocycles. The molecule has 0 radical (unpaired) electrons. The maximum Gasteiger partial charge on any atom is 0.266 e. The number of rotatable bonds is 6. The van der Waals surface area contributed by atoms with Gasteiger partial charge in [0.15, 0.2) is 5.16 Å². The summed E-state index contributed by atoms with van der Waals surface area (Å²) >= 11 is 1.13. The van der Waals surface area contributed by atoms with Crippen molar-refractivity contribution in [3.05, 3.63) is 64.7 Å². The van der Waals surface area contributed by atoms with Crippen LogP contribution in [0.15, 0.2) is 58.5 Å². The molecule has 3 aromatic rings. The van der Waals surface area contributed by atoms with Crippen molar-refractivity contribution in [2.75, 3.05) is 13.2 Å². The first-order valence-corrected chi connectivity index (χ1v) is 10.7. The lowest BCUT2D eigenvalue weighted by molar-refractivity contribution is -0.120. The maximum atomic E-state index is 14.5. The van der Waals surface area contributed by atoms with Crippen molar-refractivity contribution in [2.45, 2.75) is 36.3 Å². The van der Waals surface area contributed by atoms with Crippen molar-refractivity contribution in [1.29, 1.82) is 0 Å². The number of thioether (sulfide) groups is 1. The van der Waals surface area contributed by atoms with Crippen LogP contribution in [0.4, 0.5) is 4.39 Å². The Hall–Kier alpha value is -2.71. The van der Waals surface area contributed by atoms with Gasteiger partial charge in [0.2, 0.25) is 5.91 Å². The molecule has 4 rings (SSSR count). The van der Waals surface area contributed by atoms with E-state index < -0.39 is 11.1 Å². The van der Waals surface area contributed by atoms with E-state index in [4.69, 9.17) is 4.74 Å². The molecule has 0 bridgehead atoms. The summed E-state index contributed by atoms with van der Waals surface area (Å²) < 4.78 is 21.3. The largest absolute Gasteiger partial charge is 0.376 e. The number of nitrogens with one attached hydrogen (secondary N) is 1. The van der Waals surface area contributed by atoms with Gasteiger partial charge in [0, 0.05) is 13.2 Å². The second-order valence-electron chi connectivity index (χ2n) is 7.14. The number of hydrogen-bond donors (Lipinski definition) is 1. The summed E-state index contributed by atoms with van der Waals surface area (Å²) in [6.45, 7) is 2.91. The highest BCUT2D eigenvalue weighted by molar-refractivity contribution is 8.00. The summed E-state index contributed by atoms with van der Waals surface area (Å²) in [6.07, 6.45) is 1.98. The zero-order valence-electron chi connectivity index (χ0n) is 16.5. The molecule has 1 fully saturated rings. The minimum absolute atomic E-state index is 0.0431. The van der Waals surface area contributed by atoms with Gasteiger partial charge in [-0.15, -0.1) is 0 Å². The number of carbonyl (C=O) groups is 1. The van der Waals surface area contributed by atoms with Gasteiger partial charge in [0.1, 0.15) is 5.82 Å². The van der Waals surface area contributed by atoms with Crippen molar-refractivity contribution in [2.24, 2.45) is 0 Å². The van der Waals surface area contributed by atoms with E-state index in [9.17, 15) is 14.0 Å². The third kappa shape index (κ3) is 4.24. The molecule has 1 aliphatic heterocycles. The molecule has 2 unspecified atom stereocenters. The fraction of sp³-hybridized carbons (Fsp3) is 0.318. The Balaban J connectivity index is 1.67. The Kier molecular flexibility index (Phi) is 6.15. The number of fused-ring (bicyclic) bond motifs is 1. The van der Waals surface area contributed by atoms with Gasteiger partial charge in [-0.3, -0.25) is 14.2 Å². The molecule has 8 heteroatoms. The van der Waals surface area contributed by atoms with Gasteiger partial charge in [-0.05, 0) is 44.0 Å². The van der Waals surface area contributed by atoms with Crippen LogP contribution in [0.25, 0.3) is 16.6 Å². The van der Waals surface area contributed by atoms with Crippen molar-refractivity contribution in [3.63, 3.8) is 0 Å². The molecule has 2 atom stereocenters. The summed E-state index contributed by atoms with van der Waals surface area (Å²) in [5.41, 5.74) is 0.236. The standard InChI is InChI=1S/C22H22FN3O3S/c1-14(20(27)24-13-15-7-6-12-29-15)30-22-25-18-10-4-2-8-16(18)21(28)26(22)19-11-5-3-9-17(19)23/h2-5,8-11,14-15H,6-7,12-13H2,1H3,(H,24,27). The summed E-state index contributed by atoms with van der Waals surface area (Å²) in [7, 11) is 0. The molecular weight excluding hydrogens is 405 g/mol. The molecule has 30 heavy (non-hydrogen) atoms. The Bertz CT molecular complexity index is 1130. The summed E-state index contributed by atoms with van der Waals surface area (Å²) in [4.78, 5) is 30.3. The van der Waals surface area contributed by atoms with Crippen LogP contribution in [-0.4, -0.2) is 40.0 Å². The minimum Gasteiger partial charge on any atom is -0.376 e. The maximum absolute atomic E-state index is 14.5. The van der Waals surface area contributed by atoms with Crippen LogP contribution in [0, 0.1) is 5.82 Å². The third-order valence-electron chi connectivity index (χ3n) is 5.02. The Labute approximate surface area is 177 Å². The molecule has 6 nitrogen and oxygen atoms in total. The van der Waals surface area contributed by atoms with E-state index in [0.717, 1.165) is 31.2 Å². The van der Waals surface area contributed by atoms with Crippen LogP contribution in [0.3, 0.4) is 0 Å². The van der Waals surface area contributed by atoms with E-state index in [1.807, 2.05) is 0 Å². The van der Waals surface area contributed by atoms with Gasteiger partial charge in [-0.2, -0.15) is 0 Å². The molecule has 2 aromatic carbocycles. The van der Waals surface area contributed by atoms with Crippen LogP contribution >= 0.6 is 11.8 Å². The van der Waals surface area contributed by atoms with Crippen molar-refractivity contribution in [3.8, 4) is 5.69 Å². The first-order chi connectivity index (χ1) is 14.5. The summed E-state index contributed by atoms with van der Waals surface area (Å²) in [5, 5.41) is 3.02. The smallest absolute Gasteiger partial charge is 0.266 e. The monoisotopic (exact) mass is 427 g/mol. The zero-order chi connectivity index (χ0) is 21.1. The Morgan fingerprint density at radius 1 is 1.30 bits per heavy atom. The summed E-state index contributed by atoms with van der Waals surface area (Å²) in [6, 6.07) is 13.0. The average molecular weight is 428 g/mol. The van der Waals surface area contributed by atoms with Crippen LogP contribution < -0.4 is 10.9 Å². The van der Waals surface area contributed by atoms with Gasteiger partial charge in [-0.25, -0.2) is 9.37 Å². The fourth-order valence-corrected chi connectivity index (χ4v) is 4.36. The lowest BCUT2D eigenvalue weighted by Crippen LogP contribution is -2.37. The number of para-hydroxylation sites is 2. The number of aromatic nitrogens is 2. The van der Waals surface area contributed by atoms with Gasteiger partial charge >= 0.3 is 0 Å². The van der Waals surface area contributed by atoms with Crippen LogP contribution in [-0.2, 0) is 9.53 Å². The van der Waals surface area contributed by atoms with Gasteiger partial charge in [-0.1, -0.05) is 36.0 Å². The van der Waals surface area contributed by atoms with Crippen LogP contribution in [0.2, 0.25) is 0 Å². The fourth-order valence-electron chi connectivity index (χ4n) is 3.41. The molecule has 156 valence electrons. The predicted molar refractivity (Wildman–Crippen MR) is 115 cm³/mol. The van der Waals surface area contributed by atoms with Crippen LogP contribution in [0.1, 0.15) is 19.8 Å². The first-order valence-electron chi connectivity index (χ1n) is 9.87. The van der Waals surface area contributed by atoms with E-state index in [0.29, 0.717) is 17.4 Å². The van der Waals surface area contributed by atoms with Gasteiger partial charge in [0.05, 0.1) is 27.9 Å². The second-order valence-corrected chi connectivity index (χ2v) is 8.45. The van der Waals surface area contributed by atoms with E-state index >= 15 is 0 Å². The number of carbonyl (C=O) groups excluding carboxylic acids is 1. The molecule has 1 amide bonds. The highest BCUT2D eigenvalue weighted by Crippen LogP contribution is 2.26. The molecule has 1 aromatic heterocycles. The normalized spacial score (nSPS) is 17.2. The van der Waals surface area contributed by atoms with E-state index in [1.165, 1.54) is 16.7 Å². The quantitative estimate of drug-likeness (QED) is 0.483. The lowest BCUT2D eigenvalue weighted by Gasteiger charge is -2.17. The average Bonchev–Trinajstić information content (AvgIpc) is 3.27. The van der Waals surface area contributed by atoms with Gasteiger partial charge in [0.25, 0.3) is 5.56 Å². The molecule has 1 saturated heterocycles. The minimum atomic E-state index is -0.533. The predicted octanol–water partition coefficient (Wildman–Crippen LogP) is 3.30. The lowest BCUT2D eigenvalue weighted by atomic mass is 10.2. The Morgan fingerprint density at radius 2 is 2.07 bits per heavy atom. The molecule has 1 aliphatic rings. The molecule has 1 N–H and O–H groups in total. The van der Waals surface area contributed by atoms with E-state index in [-0.39, 0.29) is 28.4 Å². The molecule has 2 heterocycles. The van der Waals surface area contributed by atoms with E-state index in [1.54, 1.807) is 43.3 Å². The number of amides is 1. The van der Waals surface area contributed by atoms with Crippen molar-refractivity contribution in [1.82, 2.24) is 14.9 Å². The topological polar surface area (TPSA) is 73.2 Å². The first kappa shape index (κ1) is 20.6. The second kappa shape index (κ2) is 8.97. The highest BCUT2D eigenvalue weighted by atomic mass is 32.2. The molecule has 0 saturated carbocycles. The number of benzene rings is 2. The van der Waals surface area contributed by atoms with E-state index in [2.05, 4.69) is 10.3 Å². The zero-order valence-corrected chi connectivity index (χ0v) is 17.3. The van der Waals surface area contributed by atoms with Crippen molar-refractivity contribution < 1.29 is 13.9 Å². The van der Waals surface area contributed by atoms with Crippen molar-refractivity contribution >= 4 is 28.6 Å². The SMILES string of the molecule is CC(Sc1nc2ccccc2c(=O)n1-c1ccccc1F)C(=O)NCC1CCCO1. The molecule has 0 spiro atoms. The Morgan fingerprint density at radius 3 is 2.83 bits per heavy atom. The number of halogens is 1. The summed E-state index contributed by atoms with van der Waals surface area (Å²) in [5.74, 6) is -0.716. The van der Waals surface area contributed by atoms with Crippen LogP contribution in [0.5, 0.6) is 0 Å².